The van der Waals surface area contributed by atoms with Crippen LogP contribution in [-0.2, 0) is 0 Å². The Morgan fingerprint density at radius 1 is 1.19 bits per heavy atom. The molecule has 2 heterocycles. The van der Waals surface area contributed by atoms with E-state index >= 15 is 0 Å². The maximum Gasteiger partial charge on any atom is 0.280 e. The van der Waals surface area contributed by atoms with Gasteiger partial charge in [-0.1, -0.05) is 43.3 Å². The Labute approximate surface area is 132 Å². The summed E-state index contributed by atoms with van der Waals surface area (Å²) in [5.41, 5.74) is 4.69. The molecule has 1 aromatic heterocycles. The highest BCUT2D eigenvalue weighted by atomic mass is 33.1. The van der Waals surface area contributed by atoms with E-state index in [4.69, 9.17) is 8.75 Å². The van der Waals surface area contributed by atoms with E-state index in [0.29, 0.717) is 0 Å². The number of rotatable bonds is 4. The predicted molar refractivity (Wildman–Crippen MR) is 93.6 cm³/mol. The average molecular weight is 318 g/mol. The van der Waals surface area contributed by atoms with Gasteiger partial charge in [-0.05, 0) is 19.0 Å². The van der Waals surface area contributed by atoms with Crippen molar-refractivity contribution >= 4 is 26.3 Å². The zero-order valence-electron chi connectivity index (χ0n) is 12.5. The monoisotopic (exact) mass is 318 g/mol. The Morgan fingerprint density at radius 2 is 1.95 bits per heavy atom. The minimum atomic E-state index is -0.268. The van der Waals surface area contributed by atoms with Crippen LogP contribution in [0.4, 0.5) is 0 Å². The van der Waals surface area contributed by atoms with Crippen LogP contribution in [-0.4, -0.2) is 39.5 Å². The van der Waals surface area contributed by atoms with Crippen LogP contribution in [0.2, 0.25) is 0 Å². The van der Waals surface area contributed by atoms with Gasteiger partial charge in [0.1, 0.15) is 0 Å². The van der Waals surface area contributed by atoms with Crippen molar-refractivity contribution in [3.8, 4) is 11.3 Å². The summed E-state index contributed by atoms with van der Waals surface area (Å²) < 4.78 is 9.78. The van der Waals surface area contributed by atoms with Crippen molar-refractivity contribution in [2.75, 3.05) is 25.9 Å². The van der Waals surface area contributed by atoms with Gasteiger partial charge in [-0.25, -0.2) is 0 Å². The summed E-state index contributed by atoms with van der Waals surface area (Å²) in [7, 11) is 3.72. The number of aromatic nitrogens is 2. The van der Waals surface area contributed by atoms with E-state index in [1.165, 1.54) is 11.1 Å². The van der Waals surface area contributed by atoms with Gasteiger partial charge in [-0.3, -0.25) is 0 Å². The van der Waals surface area contributed by atoms with E-state index in [1.807, 2.05) is 16.9 Å². The van der Waals surface area contributed by atoms with Gasteiger partial charge in [0, 0.05) is 33.2 Å². The van der Waals surface area contributed by atoms with Gasteiger partial charge in [0.2, 0.25) is 0 Å². The van der Waals surface area contributed by atoms with Crippen LogP contribution in [0.25, 0.3) is 16.8 Å². The van der Waals surface area contributed by atoms with Gasteiger partial charge < -0.3 is 4.90 Å². The van der Waals surface area contributed by atoms with Gasteiger partial charge in [0.15, 0.2) is 22.2 Å². The summed E-state index contributed by atoms with van der Waals surface area (Å²) in [5, 5.41) is 0. The maximum atomic E-state index is 4.90. The molecule has 2 aromatic rings. The van der Waals surface area contributed by atoms with E-state index < -0.39 is 0 Å². The average Bonchev–Trinajstić information content (AvgIpc) is 2.93. The fraction of sp³-hybridized carbons (Fsp3) is 0.375. The molecule has 0 bridgehead atoms. The molecular formula is C16H20N3S2+. The third-order valence-corrected chi connectivity index (χ3v) is 6.39. The molecule has 3 rings (SSSR count). The molecule has 1 atom stereocenters. The maximum absolute atomic E-state index is 4.90. The third kappa shape index (κ3) is 3.36. The molecule has 1 aliphatic rings. The molecule has 21 heavy (non-hydrogen) atoms. The first-order chi connectivity index (χ1) is 10.3. The molecule has 110 valence electrons. The minimum absolute atomic E-state index is 0.268. The van der Waals surface area contributed by atoms with Crippen LogP contribution < -0.4 is 0 Å². The predicted octanol–water partition coefficient (Wildman–Crippen LogP) is 4.13. The van der Waals surface area contributed by atoms with Crippen LogP contribution in [0.1, 0.15) is 19.0 Å². The summed E-state index contributed by atoms with van der Waals surface area (Å²) in [5.74, 6) is 1.05. The molecule has 0 radical (unpaired) electrons. The van der Waals surface area contributed by atoms with Crippen molar-refractivity contribution in [2.24, 2.45) is 0 Å². The van der Waals surface area contributed by atoms with Gasteiger partial charge in [0.25, 0.3) is 9.89 Å². The molecule has 0 amide bonds. The van der Waals surface area contributed by atoms with Gasteiger partial charge in [-0.2, -0.15) is 0 Å². The first-order valence-electron chi connectivity index (χ1n) is 7.27. The topological polar surface area (TPSA) is 29.0 Å². The van der Waals surface area contributed by atoms with Gasteiger partial charge in [0.05, 0.1) is 0 Å². The zero-order valence-corrected chi connectivity index (χ0v) is 14.1. The minimum Gasteiger partial charge on any atom is -0.302 e. The van der Waals surface area contributed by atoms with E-state index in [0.717, 1.165) is 36.7 Å². The van der Waals surface area contributed by atoms with E-state index in [1.54, 1.807) is 0 Å². The lowest BCUT2D eigenvalue weighted by atomic mass is 10.0. The number of likely N-dealkylation sites (N-methyl/N-ethyl adjacent to an activating group) is 1. The molecule has 0 saturated heterocycles. The molecule has 1 aliphatic heterocycles. The van der Waals surface area contributed by atoms with Crippen LogP contribution in [0, 0.1) is 0 Å². The Kier molecular flexibility index (Phi) is 4.73. The molecular weight excluding hydrogens is 298 g/mol. The van der Waals surface area contributed by atoms with Crippen molar-refractivity contribution in [2.45, 2.75) is 13.3 Å². The van der Waals surface area contributed by atoms with Crippen LogP contribution >= 0.6 is 20.7 Å². The van der Waals surface area contributed by atoms with Crippen molar-refractivity contribution in [1.29, 1.82) is 0 Å². The fourth-order valence-corrected chi connectivity index (χ4v) is 4.94. The molecule has 5 heteroatoms. The molecule has 0 saturated carbocycles. The smallest absolute Gasteiger partial charge is 0.280 e. The molecule has 0 fully saturated rings. The van der Waals surface area contributed by atoms with E-state index in [-0.39, 0.29) is 9.89 Å². The number of benzene rings is 1. The van der Waals surface area contributed by atoms with E-state index in [2.05, 4.69) is 49.2 Å². The lowest BCUT2D eigenvalue weighted by Gasteiger charge is -2.21. The van der Waals surface area contributed by atoms with Crippen LogP contribution in [0.3, 0.4) is 0 Å². The highest BCUT2D eigenvalue weighted by Gasteiger charge is 2.26. The van der Waals surface area contributed by atoms with Crippen LogP contribution in [0.15, 0.2) is 36.4 Å². The van der Waals surface area contributed by atoms with Gasteiger partial charge in [-0.15, -0.1) is 0 Å². The van der Waals surface area contributed by atoms with Crippen molar-refractivity contribution in [3.05, 3.63) is 42.1 Å². The van der Waals surface area contributed by atoms with Crippen molar-refractivity contribution < 1.29 is 0 Å². The quantitative estimate of drug-likeness (QED) is 0.626. The summed E-state index contributed by atoms with van der Waals surface area (Å²) in [6.07, 6.45) is 3.43. The second-order valence-electron chi connectivity index (χ2n) is 5.14. The zero-order chi connectivity index (χ0) is 14.7. The Hall–Kier alpha value is -1.17. The second-order valence-corrected chi connectivity index (χ2v) is 8.38. The normalized spacial score (nSPS) is 16.9. The number of hydrogen-bond acceptors (Lipinski definition) is 4. The number of hydrogen-bond donors (Lipinski definition) is 0. The fourth-order valence-electron chi connectivity index (χ4n) is 2.48. The highest BCUT2D eigenvalue weighted by Crippen LogP contribution is 2.36. The first kappa shape index (κ1) is 14.8. The van der Waals surface area contributed by atoms with E-state index in [9.17, 15) is 0 Å². The summed E-state index contributed by atoms with van der Waals surface area (Å²) in [6.45, 7) is 4.26. The highest BCUT2D eigenvalue weighted by molar-refractivity contribution is 8.43. The van der Waals surface area contributed by atoms with Crippen molar-refractivity contribution in [3.63, 3.8) is 0 Å². The second kappa shape index (κ2) is 6.73. The Bertz CT molecular complexity index is 634. The summed E-state index contributed by atoms with van der Waals surface area (Å²) >= 11 is 0. The molecule has 3 nitrogen and oxygen atoms in total. The lowest BCUT2D eigenvalue weighted by Crippen LogP contribution is -2.25. The SMILES string of the molecule is CCS[s+]1nc(C2=CCCN(C)C2)c(-c2ccccc2)n1. The van der Waals surface area contributed by atoms with Gasteiger partial charge >= 0.3 is 0 Å². The largest absolute Gasteiger partial charge is 0.302 e. The molecule has 1 aromatic carbocycles. The number of nitrogens with zero attached hydrogens (tertiary/aromatic N) is 3. The lowest BCUT2D eigenvalue weighted by molar-refractivity contribution is 0.372. The summed E-state index contributed by atoms with van der Waals surface area (Å²) in [4.78, 5) is 2.35. The molecule has 0 aliphatic carbocycles. The van der Waals surface area contributed by atoms with Crippen LogP contribution in [0.5, 0.6) is 0 Å². The molecule has 0 N–H and O–H groups in total. The Balaban J connectivity index is 2.04. The summed E-state index contributed by atoms with van der Waals surface area (Å²) in [6, 6.07) is 10.4. The van der Waals surface area contributed by atoms with Crippen molar-refractivity contribution in [1.82, 2.24) is 13.6 Å². The molecule has 1 unspecified atom stereocenters. The third-order valence-electron chi connectivity index (χ3n) is 3.48. The molecule has 0 spiro atoms. The standard InChI is InChI=1S/C16H20N3S2/c1-3-20-21-17-15(13-8-5-4-6-9-13)16(18-21)14-10-7-11-19(2)12-14/h4-6,8-10H,3,7,11-12H2,1-2H3/q+1. The Morgan fingerprint density at radius 3 is 2.67 bits per heavy atom. The first-order valence-corrected chi connectivity index (χ1v) is 9.91.